The van der Waals surface area contributed by atoms with Crippen LogP contribution in [0.5, 0.6) is 5.75 Å². The normalized spacial score (nSPS) is 12.4. The lowest BCUT2D eigenvalue weighted by molar-refractivity contribution is -0.117. The molecular formula is C27H41N5O5S. The number of ketones is 1. The number of imidazole rings is 1. The molecule has 0 aliphatic carbocycles. The molecular weight excluding hydrogens is 506 g/mol. The molecule has 3 rings (SSSR count). The molecule has 210 valence electrons. The van der Waals surface area contributed by atoms with Gasteiger partial charge in [0.05, 0.1) is 23.9 Å². The molecule has 10 nitrogen and oxygen atoms in total. The summed E-state index contributed by atoms with van der Waals surface area (Å²) in [4.78, 5) is 20.3. The minimum absolute atomic E-state index is 0.249. The summed E-state index contributed by atoms with van der Waals surface area (Å²) in [7, 11) is -3.43. The van der Waals surface area contributed by atoms with Gasteiger partial charge in [-0.1, -0.05) is 19.3 Å². The predicted octanol–water partition coefficient (Wildman–Crippen LogP) is 4.34. The van der Waals surface area contributed by atoms with Crippen molar-refractivity contribution in [3.8, 4) is 5.75 Å². The van der Waals surface area contributed by atoms with Crippen LogP contribution in [0.1, 0.15) is 72.0 Å². The largest absolute Gasteiger partial charge is 0.494 e. The number of benzene rings is 1. The number of pyridine rings is 1. The minimum Gasteiger partial charge on any atom is -0.494 e. The first-order valence-corrected chi connectivity index (χ1v) is 15.1. The molecule has 0 aliphatic rings. The van der Waals surface area contributed by atoms with Crippen LogP contribution in [0.15, 0.2) is 18.2 Å². The van der Waals surface area contributed by atoms with Gasteiger partial charge in [-0.3, -0.25) is 0 Å². The van der Waals surface area contributed by atoms with Crippen molar-refractivity contribution in [3.63, 3.8) is 0 Å². The van der Waals surface area contributed by atoms with E-state index in [9.17, 15) is 13.2 Å². The number of fused-ring (bicyclic) bond motifs is 3. The number of carbonyl (C=O) groups excluding carboxylic acids is 1. The number of ether oxygens (including phenoxy) is 2. The van der Waals surface area contributed by atoms with Crippen molar-refractivity contribution in [3.05, 3.63) is 24.0 Å². The zero-order chi connectivity index (χ0) is 27.9. The van der Waals surface area contributed by atoms with Crippen molar-refractivity contribution in [2.75, 3.05) is 25.2 Å². The van der Waals surface area contributed by atoms with Gasteiger partial charge in [0.1, 0.15) is 29.5 Å². The number of nitrogens with two attached hydrogens (primary N) is 1. The average molecular weight is 548 g/mol. The first-order chi connectivity index (χ1) is 17.9. The van der Waals surface area contributed by atoms with E-state index in [2.05, 4.69) is 9.71 Å². The monoisotopic (exact) mass is 547 g/mol. The Morgan fingerprint density at radius 1 is 1.13 bits per heavy atom. The van der Waals surface area contributed by atoms with Crippen LogP contribution in [0.3, 0.4) is 0 Å². The van der Waals surface area contributed by atoms with Crippen molar-refractivity contribution in [2.45, 2.75) is 84.9 Å². The molecule has 0 spiro atoms. The van der Waals surface area contributed by atoms with Gasteiger partial charge < -0.3 is 24.6 Å². The van der Waals surface area contributed by atoms with E-state index < -0.39 is 15.6 Å². The highest BCUT2D eigenvalue weighted by atomic mass is 32.2. The summed E-state index contributed by atoms with van der Waals surface area (Å²) in [5, 5.41) is 0.845. The third kappa shape index (κ3) is 8.37. The number of rotatable bonds is 16. The number of nitrogen functional groups attached to an aromatic ring is 1. The standard InChI is InChI=1S/C27H41N5O5S/c1-6-36-17-23-30-24-25(32(23)18-27(3,4)31-38(5,34)35)21-14-13-20(16-22(21)29-26(24)28)37-15-11-9-7-8-10-12-19(2)33/h13-14,16,31H,6-12,15,17-18H2,1-5H3,(H2,28,29). The van der Waals surface area contributed by atoms with Crippen molar-refractivity contribution in [1.82, 2.24) is 19.3 Å². The van der Waals surface area contributed by atoms with Gasteiger partial charge in [0, 0.05) is 36.6 Å². The molecule has 0 amide bonds. The number of sulfonamides is 1. The molecule has 0 atom stereocenters. The third-order valence-electron chi connectivity index (χ3n) is 6.15. The second kappa shape index (κ2) is 12.9. The van der Waals surface area contributed by atoms with E-state index in [1.165, 1.54) is 0 Å². The summed E-state index contributed by atoms with van der Waals surface area (Å²) >= 11 is 0. The van der Waals surface area contributed by atoms with Gasteiger partial charge >= 0.3 is 0 Å². The second-order valence-electron chi connectivity index (χ2n) is 10.5. The molecule has 3 aromatic rings. The van der Waals surface area contributed by atoms with E-state index in [0.717, 1.165) is 49.3 Å². The lowest BCUT2D eigenvalue weighted by Crippen LogP contribution is -2.46. The first kappa shape index (κ1) is 29.8. The van der Waals surface area contributed by atoms with Gasteiger partial charge in [-0.25, -0.2) is 23.1 Å². The summed E-state index contributed by atoms with van der Waals surface area (Å²) in [6.07, 6.45) is 6.89. The van der Waals surface area contributed by atoms with Gasteiger partial charge in [0.25, 0.3) is 0 Å². The second-order valence-corrected chi connectivity index (χ2v) is 12.2. The quantitative estimate of drug-likeness (QED) is 0.253. The van der Waals surface area contributed by atoms with Gasteiger partial charge in [0.15, 0.2) is 5.82 Å². The summed E-state index contributed by atoms with van der Waals surface area (Å²) in [6.45, 7) is 8.89. The number of anilines is 1. The molecule has 2 heterocycles. The van der Waals surface area contributed by atoms with Crippen LogP contribution in [0, 0.1) is 0 Å². The van der Waals surface area contributed by atoms with Crippen molar-refractivity contribution in [2.24, 2.45) is 0 Å². The molecule has 11 heteroatoms. The van der Waals surface area contributed by atoms with E-state index in [1.54, 1.807) is 6.92 Å². The highest BCUT2D eigenvalue weighted by Crippen LogP contribution is 2.32. The van der Waals surface area contributed by atoms with Crippen LogP contribution in [0.4, 0.5) is 5.82 Å². The van der Waals surface area contributed by atoms with Gasteiger partial charge in [-0.15, -0.1) is 0 Å². The number of carbonyl (C=O) groups is 1. The molecule has 1 aromatic carbocycles. The van der Waals surface area contributed by atoms with Crippen LogP contribution >= 0.6 is 0 Å². The Bertz CT molecular complexity index is 1370. The third-order valence-corrected chi connectivity index (χ3v) is 7.07. The molecule has 0 radical (unpaired) electrons. The number of aromatic nitrogens is 3. The topological polar surface area (TPSA) is 138 Å². The van der Waals surface area contributed by atoms with Crippen LogP contribution in [0.25, 0.3) is 21.9 Å². The number of unbranched alkanes of at least 4 members (excludes halogenated alkanes) is 4. The Morgan fingerprint density at radius 2 is 1.84 bits per heavy atom. The number of Topliss-reactive ketones (excluding diaryl/α,β-unsaturated/α-hetero) is 1. The number of nitrogens with zero attached hydrogens (tertiary/aromatic N) is 3. The maximum Gasteiger partial charge on any atom is 0.209 e. The molecule has 2 aromatic heterocycles. The Morgan fingerprint density at radius 3 is 2.53 bits per heavy atom. The lowest BCUT2D eigenvalue weighted by atomic mass is 10.1. The Kier molecular flexibility index (Phi) is 10.1. The maximum atomic E-state index is 12.0. The highest BCUT2D eigenvalue weighted by Gasteiger charge is 2.27. The molecule has 0 unspecified atom stereocenters. The minimum atomic E-state index is -3.43. The summed E-state index contributed by atoms with van der Waals surface area (Å²) in [5.41, 5.74) is 7.57. The lowest BCUT2D eigenvalue weighted by Gasteiger charge is -2.27. The maximum absolute atomic E-state index is 12.0. The Balaban J connectivity index is 1.84. The zero-order valence-corrected chi connectivity index (χ0v) is 24.0. The Labute approximate surface area is 225 Å². The van der Waals surface area contributed by atoms with Gasteiger partial charge in [0.2, 0.25) is 10.0 Å². The number of hydrogen-bond acceptors (Lipinski definition) is 8. The molecule has 0 fully saturated rings. The molecule has 3 N–H and O–H groups in total. The van der Waals surface area contributed by atoms with Crippen LogP contribution in [-0.4, -0.2) is 53.7 Å². The van der Waals surface area contributed by atoms with Crippen LogP contribution in [-0.2, 0) is 32.7 Å². The van der Waals surface area contributed by atoms with E-state index in [0.29, 0.717) is 54.6 Å². The average Bonchev–Trinajstić information content (AvgIpc) is 3.15. The van der Waals surface area contributed by atoms with Crippen LogP contribution in [0.2, 0.25) is 0 Å². The predicted molar refractivity (Wildman–Crippen MR) is 151 cm³/mol. The van der Waals surface area contributed by atoms with Crippen molar-refractivity contribution < 1.29 is 22.7 Å². The molecule has 0 aliphatic heterocycles. The van der Waals surface area contributed by atoms with Gasteiger partial charge in [-0.05, 0) is 52.7 Å². The van der Waals surface area contributed by atoms with Crippen molar-refractivity contribution >= 4 is 43.6 Å². The molecule has 38 heavy (non-hydrogen) atoms. The summed E-state index contributed by atoms with van der Waals surface area (Å²) in [5.74, 6) is 1.90. The smallest absolute Gasteiger partial charge is 0.209 e. The SMILES string of the molecule is CCOCc1nc2c(N)nc3cc(OCCCCCCCC(C)=O)ccc3c2n1CC(C)(C)NS(C)(=O)=O. The van der Waals surface area contributed by atoms with Crippen LogP contribution < -0.4 is 15.2 Å². The fourth-order valence-corrected chi connectivity index (χ4v) is 5.70. The number of nitrogens with one attached hydrogen (secondary N) is 1. The molecule has 0 saturated heterocycles. The molecule has 0 saturated carbocycles. The fourth-order valence-electron chi connectivity index (χ4n) is 4.63. The van der Waals surface area contributed by atoms with E-state index >= 15 is 0 Å². The fraction of sp³-hybridized carbons (Fsp3) is 0.593. The van der Waals surface area contributed by atoms with E-state index in [-0.39, 0.29) is 12.4 Å². The Hall–Kier alpha value is -2.76. The zero-order valence-electron chi connectivity index (χ0n) is 23.2. The molecule has 0 bridgehead atoms. The summed E-state index contributed by atoms with van der Waals surface area (Å²) in [6, 6.07) is 5.73. The van der Waals surface area contributed by atoms with E-state index in [4.69, 9.17) is 20.2 Å². The summed E-state index contributed by atoms with van der Waals surface area (Å²) < 4.78 is 40.3. The van der Waals surface area contributed by atoms with Gasteiger partial charge in [-0.2, -0.15) is 0 Å². The van der Waals surface area contributed by atoms with E-state index in [1.807, 2.05) is 43.5 Å². The van der Waals surface area contributed by atoms with Crippen molar-refractivity contribution in [1.29, 1.82) is 0 Å². The number of hydrogen-bond donors (Lipinski definition) is 2. The first-order valence-electron chi connectivity index (χ1n) is 13.2. The highest BCUT2D eigenvalue weighted by molar-refractivity contribution is 7.88.